The van der Waals surface area contributed by atoms with Crippen molar-refractivity contribution in [3.8, 4) is 0 Å². The minimum Gasteiger partial charge on any atom is -0.391 e. The number of hydrogen-bond acceptors (Lipinski definition) is 2. The van der Waals surface area contributed by atoms with Crippen LogP contribution >= 0.6 is 0 Å². The van der Waals surface area contributed by atoms with E-state index in [1.807, 2.05) is 25.3 Å². The number of halogens is 1. The average molecular weight is 658 g/mol. The van der Waals surface area contributed by atoms with Gasteiger partial charge in [-0.3, -0.25) is 22.8 Å². The SMILES string of the molecule is Cc1[c-]c(F)cc(NC(=O)C2CC[CH-]CC2)c1.[CH2-]c1c(C)cccc1[C-]=O.[CH3-].[K+].[U+2]. The van der Waals surface area contributed by atoms with Crippen molar-refractivity contribution in [2.24, 2.45) is 5.92 Å². The first-order valence-electron chi connectivity index (χ1n) is 9.02. The van der Waals surface area contributed by atoms with Crippen LogP contribution in [0, 0.1) is 83.5 Å². The van der Waals surface area contributed by atoms with Gasteiger partial charge in [0.2, 0.25) is 5.91 Å². The van der Waals surface area contributed by atoms with E-state index in [1.54, 1.807) is 19.1 Å². The van der Waals surface area contributed by atoms with Crippen LogP contribution in [0.3, 0.4) is 0 Å². The first kappa shape index (κ1) is 32.2. The van der Waals surface area contributed by atoms with Gasteiger partial charge in [0.05, 0.1) is 0 Å². The van der Waals surface area contributed by atoms with E-state index in [1.165, 1.54) is 6.07 Å². The Morgan fingerprint density at radius 2 is 1.90 bits per heavy atom. The van der Waals surface area contributed by atoms with Gasteiger partial charge in [0.25, 0.3) is 0 Å². The van der Waals surface area contributed by atoms with Crippen molar-refractivity contribution in [2.75, 3.05) is 5.32 Å². The van der Waals surface area contributed by atoms with Gasteiger partial charge in [0, 0.05) is 11.7 Å². The summed E-state index contributed by atoms with van der Waals surface area (Å²) in [6.45, 7) is 7.41. The van der Waals surface area contributed by atoms with E-state index in [4.69, 9.17) is 0 Å². The molecular formula is C24H27FKNO2U-2. The Bertz CT molecular complexity index is 788. The Hall–Kier alpha value is 0.0683. The van der Waals surface area contributed by atoms with E-state index in [2.05, 4.69) is 24.7 Å². The Morgan fingerprint density at radius 1 is 1.27 bits per heavy atom. The van der Waals surface area contributed by atoms with Gasteiger partial charge in [-0.05, 0) is 6.29 Å². The van der Waals surface area contributed by atoms with Crippen LogP contribution in [-0.2, 0) is 9.59 Å². The number of carbonyl (C=O) groups is 1. The van der Waals surface area contributed by atoms with Gasteiger partial charge in [-0.25, -0.2) is 16.0 Å². The average Bonchev–Trinajstić information content (AvgIpc) is 2.64. The summed E-state index contributed by atoms with van der Waals surface area (Å²) >= 11 is 0. The Balaban J connectivity index is 0. The Kier molecular flexibility index (Phi) is 17.9. The summed E-state index contributed by atoms with van der Waals surface area (Å²) in [4.78, 5) is 22.1. The van der Waals surface area contributed by atoms with Crippen molar-refractivity contribution in [1.82, 2.24) is 0 Å². The summed E-state index contributed by atoms with van der Waals surface area (Å²) in [6, 6.07) is 11.0. The van der Waals surface area contributed by atoms with Crippen LogP contribution in [0.4, 0.5) is 10.1 Å². The summed E-state index contributed by atoms with van der Waals surface area (Å²) in [5.41, 5.74) is 3.58. The maximum Gasteiger partial charge on any atom is 2.00 e. The van der Waals surface area contributed by atoms with Gasteiger partial charge in [-0.1, -0.05) is 32.4 Å². The Labute approximate surface area is 247 Å². The molecule has 0 heterocycles. The van der Waals surface area contributed by atoms with Crippen molar-refractivity contribution < 1.29 is 96.5 Å². The van der Waals surface area contributed by atoms with Gasteiger partial charge in [-0.15, -0.1) is 30.3 Å². The molecule has 3 rings (SSSR count). The monoisotopic (exact) mass is 657 g/mol. The third-order valence-corrected chi connectivity index (χ3v) is 4.57. The Morgan fingerprint density at radius 3 is 2.43 bits per heavy atom. The van der Waals surface area contributed by atoms with E-state index < -0.39 is 5.82 Å². The maximum absolute atomic E-state index is 13.1. The first-order valence-corrected chi connectivity index (χ1v) is 9.02. The van der Waals surface area contributed by atoms with E-state index in [9.17, 15) is 14.0 Å². The van der Waals surface area contributed by atoms with Crippen LogP contribution in [0.25, 0.3) is 0 Å². The van der Waals surface area contributed by atoms with E-state index in [0.717, 1.165) is 36.8 Å². The molecule has 30 heavy (non-hydrogen) atoms. The van der Waals surface area contributed by atoms with Crippen LogP contribution in [-0.4, -0.2) is 12.2 Å². The molecule has 1 N–H and O–H groups in total. The molecule has 1 amide bonds. The fourth-order valence-corrected chi connectivity index (χ4v) is 2.98. The van der Waals surface area contributed by atoms with Crippen molar-refractivity contribution >= 4 is 17.9 Å². The molecule has 1 aliphatic rings. The molecule has 0 bridgehead atoms. The minimum atomic E-state index is -0.433. The van der Waals surface area contributed by atoms with Gasteiger partial charge in [0.1, 0.15) is 0 Å². The maximum atomic E-state index is 13.1. The molecule has 3 nitrogen and oxygen atoms in total. The van der Waals surface area contributed by atoms with Gasteiger partial charge in [-0.2, -0.15) is 18.4 Å². The second kappa shape index (κ2) is 16.7. The molecule has 1 fully saturated rings. The van der Waals surface area contributed by atoms with Crippen LogP contribution in [0.15, 0.2) is 30.3 Å². The van der Waals surface area contributed by atoms with E-state index in [-0.39, 0.29) is 102 Å². The zero-order valence-electron chi connectivity index (χ0n) is 18.3. The molecule has 0 saturated heterocycles. The molecule has 0 aliphatic heterocycles. The molecule has 0 unspecified atom stereocenters. The summed E-state index contributed by atoms with van der Waals surface area (Å²) in [7, 11) is 0. The number of amides is 1. The second-order valence-electron chi connectivity index (χ2n) is 6.73. The molecule has 154 valence electrons. The molecule has 0 atom stereocenters. The minimum absolute atomic E-state index is 0. The van der Waals surface area contributed by atoms with Gasteiger partial charge in [0.15, 0.2) is 0 Å². The topological polar surface area (TPSA) is 46.2 Å². The largest absolute Gasteiger partial charge is 2.00 e. The zero-order chi connectivity index (χ0) is 19.8. The number of hydrogen-bond donors (Lipinski definition) is 1. The molecule has 1 aliphatic carbocycles. The fourth-order valence-electron chi connectivity index (χ4n) is 2.98. The first-order chi connectivity index (χ1) is 12.9. The van der Waals surface area contributed by atoms with Crippen molar-refractivity contribution in [3.05, 3.63) is 85.2 Å². The molecule has 0 radical (unpaired) electrons. The standard InChI is InChI=1S/C14H16FNO.C9H8O.CH3.K.U/c1-10-7-12(15)9-13(8-10)16-14(17)11-5-3-2-4-6-11;1-7-4-3-5-9(6-10)8(7)2;;;/h2,8-9,11H,3-6H2,1H3,(H,16,17);3-5H,2H2,1H3;1H3;;/q2*-2;-1;+1;+2. The van der Waals surface area contributed by atoms with Crippen LogP contribution < -0.4 is 56.7 Å². The van der Waals surface area contributed by atoms with Crippen LogP contribution in [0.2, 0.25) is 0 Å². The summed E-state index contributed by atoms with van der Waals surface area (Å²) in [5, 5.41) is 2.78. The molecule has 0 aromatic heterocycles. The molecule has 6 heteroatoms. The molecule has 2 aromatic carbocycles. The molecule has 1 saturated carbocycles. The second-order valence-corrected chi connectivity index (χ2v) is 6.73. The number of rotatable bonds is 3. The summed E-state index contributed by atoms with van der Waals surface area (Å²) < 4.78 is 13.1. The summed E-state index contributed by atoms with van der Waals surface area (Å²) in [5.74, 6) is -0.368. The normalized spacial score (nSPS) is 12.6. The van der Waals surface area contributed by atoms with Crippen LogP contribution in [0.5, 0.6) is 0 Å². The van der Waals surface area contributed by atoms with Crippen molar-refractivity contribution in [3.63, 3.8) is 0 Å². The zero-order valence-corrected chi connectivity index (χ0v) is 25.6. The number of nitrogens with one attached hydrogen (secondary N) is 1. The van der Waals surface area contributed by atoms with Crippen LogP contribution in [0.1, 0.15) is 47.9 Å². The number of carbonyl (C=O) groups excluding carboxylic acids is 2. The van der Waals surface area contributed by atoms with E-state index >= 15 is 0 Å². The molecular weight excluding hydrogens is 630 g/mol. The third-order valence-electron chi connectivity index (χ3n) is 4.57. The van der Waals surface area contributed by atoms with Crippen molar-refractivity contribution in [1.29, 1.82) is 0 Å². The van der Waals surface area contributed by atoms with E-state index in [0.29, 0.717) is 16.8 Å². The molecule has 2 aromatic rings. The predicted octanol–water partition coefficient (Wildman–Crippen LogP) is 2.36. The van der Waals surface area contributed by atoms with Gasteiger partial charge < -0.3 is 24.0 Å². The number of aryl methyl sites for hydroxylation is 2. The smallest absolute Gasteiger partial charge is 0.391 e. The summed E-state index contributed by atoms with van der Waals surface area (Å²) in [6.07, 6.45) is 7.82. The molecule has 0 spiro atoms. The fraction of sp³-hybridized carbons (Fsp3) is 0.292. The third kappa shape index (κ3) is 10.6. The van der Waals surface area contributed by atoms with Gasteiger partial charge >= 0.3 is 82.5 Å². The quantitative estimate of drug-likeness (QED) is 0.408. The number of anilines is 1. The number of benzene rings is 2. The van der Waals surface area contributed by atoms with Crippen molar-refractivity contribution in [2.45, 2.75) is 39.5 Å². The predicted molar refractivity (Wildman–Crippen MR) is 112 cm³/mol.